The van der Waals surface area contributed by atoms with Crippen molar-refractivity contribution in [2.24, 2.45) is 5.92 Å². The van der Waals surface area contributed by atoms with Crippen molar-refractivity contribution in [2.75, 3.05) is 19.6 Å². The van der Waals surface area contributed by atoms with Crippen LogP contribution >= 0.6 is 0 Å². The topological polar surface area (TPSA) is 66.5 Å². The van der Waals surface area contributed by atoms with Gasteiger partial charge in [0.05, 0.1) is 19.6 Å². The Hall–Kier alpha value is -1.23. The highest BCUT2D eigenvalue weighted by molar-refractivity contribution is 5.99. The third kappa shape index (κ3) is 2.66. The standard InChI is InChI=1S/C11H16N2O3/c14-9(8-3-1-2-4-8)5-13-6-10(15)12-11(16)7-13/h8H,1-7H2,(H,12,15,16). The molecule has 0 radical (unpaired) electrons. The fraction of sp³-hybridized carbons (Fsp3) is 0.727. The zero-order chi connectivity index (χ0) is 11.5. The van der Waals surface area contributed by atoms with Crippen LogP contribution in [0.3, 0.4) is 0 Å². The van der Waals surface area contributed by atoms with Crippen LogP contribution in [0.1, 0.15) is 25.7 Å². The molecule has 1 heterocycles. The molecule has 1 aliphatic heterocycles. The molecule has 1 saturated carbocycles. The van der Waals surface area contributed by atoms with Gasteiger partial charge in [0.25, 0.3) is 0 Å². The zero-order valence-electron chi connectivity index (χ0n) is 9.20. The van der Waals surface area contributed by atoms with Crippen molar-refractivity contribution in [1.29, 1.82) is 0 Å². The van der Waals surface area contributed by atoms with Crippen LogP contribution in [-0.2, 0) is 14.4 Å². The Morgan fingerprint density at radius 3 is 2.31 bits per heavy atom. The van der Waals surface area contributed by atoms with Crippen molar-refractivity contribution >= 4 is 17.6 Å². The number of carbonyl (C=O) groups is 3. The smallest absolute Gasteiger partial charge is 0.240 e. The molecule has 2 rings (SSSR count). The van der Waals surface area contributed by atoms with Crippen LogP contribution in [0.4, 0.5) is 0 Å². The van der Waals surface area contributed by atoms with Crippen LogP contribution in [0.25, 0.3) is 0 Å². The minimum Gasteiger partial charge on any atom is -0.298 e. The molecule has 2 amide bonds. The number of amides is 2. The predicted molar refractivity (Wildman–Crippen MR) is 56.6 cm³/mol. The summed E-state index contributed by atoms with van der Waals surface area (Å²) in [6.07, 6.45) is 4.17. The maximum atomic E-state index is 11.8. The Morgan fingerprint density at radius 1 is 1.19 bits per heavy atom. The van der Waals surface area contributed by atoms with Gasteiger partial charge in [-0.2, -0.15) is 0 Å². The molecule has 0 aromatic heterocycles. The van der Waals surface area contributed by atoms with E-state index in [1.165, 1.54) is 0 Å². The predicted octanol–water partition coefficient (Wildman–Crippen LogP) is -0.296. The van der Waals surface area contributed by atoms with Gasteiger partial charge in [-0.15, -0.1) is 0 Å². The largest absolute Gasteiger partial charge is 0.298 e. The highest BCUT2D eigenvalue weighted by Crippen LogP contribution is 2.25. The van der Waals surface area contributed by atoms with Crippen molar-refractivity contribution in [2.45, 2.75) is 25.7 Å². The number of ketones is 1. The maximum Gasteiger partial charge on any atom is 0.240 e. The molecule has 0 aromatic rings. The first-order valence-electron chi connectivity index (χ1n) is 5.73. The van der Waals surface area contributed by atoms with Crippen LogP contribution in [-0.4, -0.2) is 42.1 Å². The summed E-state index contributed by atoms with van der Waals surface area (Å²) in [5, 5.41) is 2.22. The van der Waals surface area contributed by atoms with Crippen molar-refractivity contribution in [1.82, 2.24) is 10.2 Å². The SMILES string of the molecule is O=C1CN(CC(=O)C2CCCC2)CC(=O)N1. The number of imide groups is 1. The molecule has 16 heavy (non-hydrogen) atoms. The molecule has 0 atom stereocenters. The molecular formula is C11H16N2O3. The van der Waals surface area contributed by atoms with E-state index in [1.807, 2.05) is 0 Å². The first-order valence-corrected chi connectivity index (χ1v) is 5.73. The van der Waals surface area contributed by atoms with Crippen LogP contribution in [0.5, 0.6) is 0 Å². The van der Waals surface area contributed by atoms with E-state index in [0.717, 1.165) is 25.7 Å². The van der Waals surface area contributed by atoms with Gasteiger partial charge >= 0.3 is 0 Å². The van der Waals surface area contributed by atoms with Crippen molar-refractivity contribution in [3.63, 3.8) is 0 Å². The molecule has 5 nitrogen and oxygen atoms in total. The molecule has 1 aliphatic carbocycles. The third-order valence-corrected chi connectivity index (χ3v) is 3.20. The molecule has 0 bridgehead atoms. The summed E-state index contributed by atoms with van der Waals surface area (Å²) in [5.41, 5.74) is 0. The lowest BCUT2D eigenvalue weighted by Crippen LogP contribution is -2.52. The number of piperazine rings is 1. The Morgan fingerprint density at radius 2 is 1.75 bits per heavy atom. The summed E-state index contributed by atoms with van der Waals surface area (Å²) in [6, 6.07) is 0. The van der Waals surface area contributed by atoms with E-state index in [-0.39, 0.29) is 43.1 Å². The molecule has 1 N–H and O–H groups in total. The van der Waals surface area contributed by atoms with Gasteiger partial charge in [-0.25, -0.2) is 0 Å². The minimum atomic E-state index is -0.310. The fourth-order valence-corrected chi connectivity index (χ4v) is 2.41. The van der Waals surface area contributed by atoms with E-state index < -0.39 is 0 Å². The Labute approximate surface area is 94.2 Å². The second kappa shape index (κ2) is 4.74. The second-order valence-electron chi connectivity index (χ2n) is 4.56. The molecule has 0 unspecified atom stereocenters. The van der Waals surface area contributed by atoms with Gasteiger partial charge in [0.1, 0.15) is 5.78 Å². The van der Waals surface area contributed by atoms with Gasteiger partial charge in [-0.3, -0.25) is 24.6 Å². The van der Waals surface area contributed by atoms with Crippen LogP contribution in [0.15, 0.2) is 0 Å². The number of rotatable bonds is 3. The van der Waals surface area contributed by atoms with E-state index in [4.69, 9.17) is 0 Å². The average Bonchev–Trinajstić information content (AvgIpc) is 2.68. The zero-order valence-corrected chi connectivity index (χ0v) is 9.20. The van der Waals surface area contributed by atoms with Crippen LogP contribution < -0.4 is 5.32 Å². The highest BCUT2D eigenvalue weighted by atomic mass is 16.2. The van der Waals surface area contributed by atoms with Crippen molar-refractivity contribution < 1.29 is 14.4 Å². The Balaban J connectivity index is 1.86. The quantitative estimate of drug-likeness (QED) is 0.669. The maximum absolute atomic E-state index is 11.8. The number of nitrogens with one attached hydrogen (secondary N) is 1. The second-order valence-corrected chi connectivity index (χ2v) is 4.56. The van der Waals surface area contributed by atoms with E-state index in [1.54, 1.807) is 4.90 Å². The van der Waals surface area contributed by atoms with Crippen molar-refractivity contribution in [3.05, 3.63) is 0 Å². The van der Waals surface area contributed by atoms with Gasteiger partial charge in [-0.05, 0) is 12.8 Å². The van der Waals surface area contributed by atoms with E-state index in [2.05, 4.69) is 5.32 Å². The number of carbonyl (C=O) groups excluding carboxylic acids is 3. The summed E-state index contributed by atoms with van der Waals surface area (Å²) >= 11 is 0. The molecule has 2 aliphatic rings. The minimum absolute atomic E-state index is 0.153. The van der Waals surface area contributed by atoms with Gasteiger partial charge < -0.3 is 0 Å². The van der Waals surface area contributed by atoms with Gasteiger partial charge in [-0.1, -0.05) is 12.8 Å². The van der Waals surface area contributed by atoms with Crippen LogP contribution in [0, 0.1) is 5.92 Å². The van der Waals surface area contributed by atoms with Gasteiger partial charge in [0.15, 0.2) is 0 Å². The van der Waals surface area contributed by atoms with E-state index in [0.29, 0.717) is 0 Å². The van der Waals surface area contributed by atoms with E-state index in [9.17, 15) is 14.4 Å². The normalized spacial score (nSPS) is 23.5. The lowest BCUT2D eigenvalue weighted by Gasteiger charge is -2.25. The Kier molecular flexibility index (Phi) is 3.33. The molecule has 88 valence electrons. The summed E-state index contributed by atoms with van der Waals surface area (Å²) in [4.78, 5) is 35.7. The molecule has 1 saturated heterocycles. The molecule has 0 aromatic carbocycles. The molecule has 2 fully saturated rings. The Bertz CT molecular complexity index is 305. The summed E-state index contributed by atoms with van der Waals surface area (Å²) in [7, 11) is 0. The highest BCUT2D eigenvalue weighted by Gasteiger charge is 2.28. The van der Waals surface area contributed by atoms with Crippen molar-refractivity contribution in [3.8, 4) is 0 Å². The number of nitrogens with zero attached hydrogens (tertiary/aromatic N) is 1. The summed E-state index contributed by atoms with van der Waals surface area (Å²) < 4.78 is 0. The van der Waals surface area contributed by atoms with E-state index >= 15 is 0 Å². The summed E-state index contributed by atoms with van der Waals surface area (Å²) in [6.45, 7) is 0.554. The monoisotopic (exact) mass is 224 g/mol. The van der Waals surface area contributed by atoms with Crippen LogP contribution in [0.2, 0.25) is 0 Å². The number of Topliss-reactive ketones (excluding diaryl/α,β-unsaturated/α-hetero) is 1. The molecule has 0 spiro atoms. The first-order chi connectivity index (χ1) is 7.65. The summed E-state index contributed by atoms with van der Waals surface area (Å²) in [5.74, 6) is -0.286. The first kappa shape index (κ1) is 11.3. The number of hydrogen-bond donors (Lipinski definition) is 1. The fourth-order valence-electron chi connectivity index (χ4n) is 2.41. The molecule has 5 heteroatoms. The number of hydrogen-bond acceptors (Lipinski definition) is 4. The van der Waals surface area contributed by atoms with Gasteiger partial charge in [0, 0.05) is 5.92 Å². The lowest BCUT2D eigenvalue weighted by atomic mass is 10.0. The third-order valence-electron chi connectivity index (χ3n) is 3.20. The van der Waals surface area contributed by atoms with Gasteiger partial charge in [0.2, 0.25) is 11.8 Å². The average molecular weight is 224 g/mol. The lowest BCUT2D eigenvalue weighted by molar-refractivity contribution is -0.137. The molecular weight excluding hydrogens is 208 g/mol.